The third-order valence-electron chi connectivity index (χ3n) is 2.64. The molecule has 0 atom stereocenters. The van der Waals surface area contributed by atoms with E-state index >= 15 is 0 Å². The van der Waals surface area contributed by atoms with Crippen LogP contribution in [0.2, 0.25) is 0 Å². The summed E-state index contributed by atoms with van der Waals surface area (Å²) < 4.78 is 2.63. The Bertz CT molecular complexity index is 629. The maximum atomic E-state index is 9.17. The first-order valence-electron chi connectivity index (χ1n) is 5.44. The third kappa shape index (κ3) is 2.13. The summed E-state index contributed by atoms with van der Waals surface area (Å²) in [6, 6.07) is 8.28. The topological polar surface area (TPSA) is 67.4 Å². The Hall–Kier alpha value is -1.39. The third-order valence-corrected chi connectivity index (χ3v) is 4.32. The molecule has 5 nitrogen and oxygen atoms in total. The van der Waals surface area contributed by atoms with Crippen molar-refractivity contribution in [3.05, 3.63) is 28.2 Å². The van der Waals surface area contributed by atoms with E-state index in [2.05, 4.69) is 37.5 Å². The Morgan fingerprint density at radius 3 is 3.00 bits per heavy atom. The molecule has 1 saturated carbocycles. The number of hydrogen-bond donors (Lipinski definition) is 0. The van der Waals surface area contributed by atoms with Crippen molar-refractivity contribution in [1.29, 1.82) is 5.26 Å². The lowest BCUT2D eigenvalue weighted by Crippen LogP contribution is -1.98. The lowest BCUT2D eigenvalue weighted by molar-refractivity contribution is 0.565. The van der Waals surface area contributed by atoms with Gasteiger partial charge in [0.2, 0.25) is 5.16 Å². The van der Waals surface area contributed by atoms with Gasteiger partial charge in [0.15, 0.2) is 0 Å². The molecule has 7 heteroatoms. The van der Waals surface area contributed by atoms with Crippen LogP contribution in [0, 0.1) is 11.3 Å². The number of rotatable bonds is 3. The first-order chi connectivity index (χ1) is 8.79. The van der Waals surface area contributed by atoms with Crippen LogP contribution in [0.15, 0.2) is 32.7 Å². The van der Waals surface area contributed by atoms with Crippen molar-refractivity contribution in [3.8, 4) is 6.07 Å². The Kier molecular flexibility index (Phi) is 3.06. The Morgan fingerprint density at radius 2 is 2.28 bits per heavy atom. The second-order valence-electron chi connectivity index (χ2n) is 3.96. The molecule has 1 aromatic heterocycles. The van der Waals surface area contributed by atoms with Crippen LogP contribution in [0.4, 0.5) is 0 Å². The van der Waals surface area contributed by atoms with Crippen molar-refractivity contribution in [1.82, 2.24) is 20.2 Å². The van der Waals surface area contributed by atoms with Crippen molar-refractivity contribution in [2.24, 2.45) is 0 Å². The highest BCUT2D eigenvalue weighted by molar-refractivity contribution is 9.10. The van der Waals surface area contributed by atoms with Crippen LogP contribution in [-0.2, 0) is 0 Å². The zero-order valence-corrected chi connectivity index (χ0v) is 11.6. The number of aromatic nitrogens is 4. The van der Waals surface area contributed by atoms with Gasteiger partial charge in [0.25, 0.3) is 0 Å². The van der Waals surface area contributed by atoms with Crippen molar-refractivity contribution < 1.29 is 0 Å². The van der Waals surface area contributed by atoms with Crippen molar-refractivity contribution in [2.45, 2.75) is 28.9 Å². The molecule has 1 fully saturated rings. The molecule has 0 spiro atoms. The maximum Gasteiger partial charge on any atom is 0.214 e. The molecule has 3 rings (SSSR count). The molecule has 0 saturated heterocycles. The van der Waals surface area contributed by atoms with E-state index in [4.69, 9.17) is 5.26 Å². The van der Waals surface area contributed by atoms with E-state index in [1.54, 1.807) is 0 Å². The predicted molar refractivity (Wildman–Crippen MR) is 69.1 cm³/mol. The summed E-state index contributed by atoms with van der Waals surface area (Å²) in [5.74, 6) is 0. The van der Waals surface area contributed by atoms with Gasteiger partial charge in [-0.1, -0.05) is 6.07 Å². The molecular formula is C11H8BrN5S. The van der Waals surface area contributed by atoms with Crippen molar-refractivity contribution in [2.75, 3.05) is 0 Å². The lowest BCUT2D eigenvalue weighted by Gasteiger charge is -2.05. The highest BCUT2D eigenvalue weighted by Gasteiger charge is 2.28. The summed E-state index contributed by atoms with van der Waals surface area (Å²) in [6.07, 6.45) is 2.25. The van der Waals surface area contributed by atoms with Gasteiger partial charge in [-0.2, -0.15) is 5.26 Å². The largest absolute Gasteiger partial charge is 0.217 e. The second kappa shape index (κ2) is 4.71. The second-order valence-corrected chi connectivity index (χ2v) is 5.83. The number of tetrazole rings is 1. The minimum absolute atomic E-state index is 0.431. The molecule has 1 aliphatic rings. The molecule has 18 heavy (non-hydrogen) atoms. The molecule has 0 N–H and O–H groups in total. The highest BCUT2D eigenvalue weighted by Crippen LogP contribution is 2.39. The molecule has 0 bridgehead atoms. The normalized spacial score (nSPS) is 14.4. The maximum absolute atomic E-state index is 9.17. The van der Waals surface area contributed by atoms with Gasteiger partial charge in [-0.3, -0.25) is 0 Å². The van der Waals surface area contributed by atoms with Crippen LogP contribution >= 0.6 is 27.7 Å². The number of nitrogens with zero attached hydrogens (tertiary/aromatic N) is 5. The van der Waals surface area contributed by atoms with Crippen LogP contribution in [0.1, 0.15) is 24.4 Å². The summed E-state index contributed by atoms with van der Waals surface area (Å²) in [6.45, 7) is 0. The van der Waals surface area contributed by atoms with Crippen molar-refractivity contribution in [3.63, 3.8) is 0 Å². The minimum Gasteiger partial charge on any atom is -0.217 e. The highest BCUT2D eigenvalue weighted by atomic mass is 79.9. The van der Waals surface area contributed by atoms with Gasteiger partial charge < -0.3 is 0 Å². The summed E-state index contributed by atoms with van der Waals surface area (Å²) in [7, 11) is 0. The lowest BCUT2D eigenvalue weighted by atomic mass is 10.2. The zero-order chi connectivity index (χ0) is 12.5. The Balaban J connectivity index is 1.95. The fourth-order valence-corrected chi connectivity index (χ4v) is 3.14. The molecule has 90 valence electrons. The Morgan fingerprint density at radius 1 is 1.44 bits per heavy atom. The van der Waals surface area contributed by atoms with Gasteiger partial charge in [0.05, 0.1) is 11.6 Å². The van der Waals surface area contributed by atoms with E-state index in [1.807, 2.05) is 22.9 Å². The molecule has 0 unspecified atom stereocenters. The van der Waals surface area contributed by atoms with Gasteiger partial charge in [-0.15, -0.1) is 5.10 Å². The fraction of sp³-hybridized carbons (Fsp3) is 0.273. The monoisotopic (exact) mass is 321 g/mol. The quantitative estimate of drug-likeness (QED) is 0.869. The predicted octanol–water partition coefficient (Wildman–Crippen LogP) is 2.79. The van der Waals surface area contributed by atoms with Gasteiger partial charge in [0.1, 0.15) is 6.07 Å². The number of benzene rings is 1. The van der Waals surface area contributed by atoms with E-state index in [-0.39, 0.29) is 0 Å². The average Bonchev–Trinajstić information content (AvgIpc) is 3.11. The smallest absolute Gasteiger partial charge is 0.214 e. The number of nitriles is 1. The van der Waals surface area contributed by atoms with E-state index in [9.17, 15) is 0 Å². The molecule has 0 aliphatic heterocycles. The SMILES string of the molecule is N#Cc1c(Br)cccc1Sc1nnnn1C1CC1. The number of hydrogen-bond acceptors (Lipinski definition) is 5. The molecular weight excluding hydrogens is 314 g/mol. The standard InChI is InChI=1S/C11H8BrN5S/c12-9-2-1-3-10(8(9)6-13)18-11-14-15-16-17(11)7-4-5-7/h1-3,7H,4-5H2. The molecule has 0 radical (unpaired) electrons. The van der Waals surface area contributed by atoms with Crippen LogP contribution in [0.5, 0.6) is 0 Å². The van der Waals surface area contributed by atoms with Crippen LogP contribution in [-0.4, -0.2) is 20.2 Å². The van der Waals surface area contributed by atoms with E-state index < -0.39 is 0 Å². The molecule has 1 heterocycles. The van der Waals surface area contributed by atoms with E-state index in [1.165, 1.54) is 11.8 Å². The zero-order valence-electron chi connectivity index (χ0n) is 9.25. The summed E-state index contributed by atoms with van der Waals surface area (Å²) >= 11 is 4.81. The minimum atomic E-state index is 0.431. The van der Waals surface area contributed by atoms with Gasteiger partial charge >= 0.3 is 0 Å². The first-order valence-corrected chi connectivity index (χ1v) is 7.05. The summed E-state index contributed by atoms with van der Waals surface area (Å²) in [5.41, 5.74) is 0.618. The van der Waals surface area contributed by atoms with E-state index in [0.29, 0.717) is 11.6 Å². The Labute approximate surface area is 116 Å². The summed E-state index contributed by atoms with van der Waals surface area (Å²) in [5, 5.41) is 21.6. The molecule has 1 aliphatic carbocycles. The first kappa shape index (κ1) is 11.7. The molecule has 1 aromatic carbocycles. The average molecular weight is 322 g/mol. The molecule has 2 aromatic rings. The summed E-state index contributed by atoms with van der Waals surface area (Å²) in [4.78, 5) is 0.864. The van der Waals surface area contributed by atoms with Crippen LogP contribution in [0.25, 0.3) is 0 Å². The van der Waals surface area contributed by atoms with Crippen LogP contribution in [0.3, 0.4) is 0 Å². The number of halogens is 1. The van der Waals surface area contributed by atoms with Gasteiger partial charge in [-0.25, -0.2) is 4.68 Å². The van der Waals surface area contributed by atoms with E-state index in [0.717, 1.165) is 27.4 Å². The van der Waals surface area contributed by atoms with Crippen LogP contribution < -0.4 is 0 Å². The molecule has 0 amide bonds. The fourth-order valence-electron chi connectivity index (χ4n) is 1.60. The van der Waals surface area contributed by atoms with Gasteiger partial charge in [-0.05, 0) is 63.1 Å². The van der Waals surface area contributed by atoms with Crippen molar-refractivity contribution >= 4 is 27.7 Å². The van der Waals surface area contributed by atoms with Gasteiger partial charge in [0, 0.05) is 9.37 Å².